The van der Waals surface area contributed by atoms with Gasteiger partial charge in [0.15, 0.2) is 0 Å². The van der Waals surface area contributed by atoms with E-state index in [0.29, 0.717) is 12.1 Å². The molecule has 0 aromatic heterocycles. The van der Waals surface area contributed by atoms with Gasteiger partial charge in [-0.15, -0.1) is 0 Å². The molecule has 2 unspecified atom stereocenters. The Morgan fingerprint density at radius 2 is 1.89 bits per heavy atom. The SMILES string of the molecule is Cc1ccc(N2CC(C)N(C)CC2CCO)cc1. The summed E-state index contributed by atoms with van der Waals surface area (Å²) in [4.78, 5) is 4.82. The van der Waals surface area contributed by atoms with Crippen molar-refractivity contribution in [2.45, 2.75) is 32.4 Å². The van der Waals surface area contributed by atoms with Gasteiger partial charge >= 0.3 is 0 Å². The van der Waals surface area contributed by atoms with E-state index >= 15 is 0 Å². The molecular formula is C15H24N2O. The highest BCUT2D eigenvalue weighted by Crippen LogP contribution is 2.24. The van der Waals surface area contributed by atoms with Gasteiger partial charge in [0, 0.05) is 37.5 Å². The lowest BCUT2D eigenvalue weighted by atomic mass is 10.0. The van der Waals surface area contributed by atoms with Gasteiger partial charge in [0.2, 0.25) is 0 Å². The number of aliphatic hydroxyl groups is 1. The number of hydrogen-bond donors (Lipinski definition) is 1. The Kier molecular flexibility index (Phi) is 4.25. The van der Waals surface area contributed by atoms with Crippen molar-refractivity contribution in [3.63, 3.8) is 0 Å². The molecule has 2 atom stereocenters. The highest BCUT2D eigenvalue weighted by molar-refractivity contribution is 5.49. The van der Waals surface area contributed by atoms with E-state index in [4.69, 9.17) is 0 Å². The van der Waals surface area contributed by atoms with Gasteiger partial charge < -0.3 is 10.0 Å². The largest absolute Gasteiger partial charge is 0.396 e. The van der Waals surface area contributed by atoms with Gasteiger partial charge in [-0.2, -0.15) is 0 Å². The van der Waals surface area contributed by atoms with Gasteiger partial charge in [-0.1, -0.05) is 17.7 Å². The van der Waals surface area contributed by atoms with Crippen LogP contribution in [-0.2, 0) is 0 Å². The highest BCUT2D eigenvalue weighted by Gasteiger charge is 2.29. The Bertz CT molecular complexity index is 377. The van der Waals surface area contributed by atoms with Crippen molar-refractivity contribution in [2.24, 2.45) is 0 Å². The number of aliphatic hydroxyl groups excluding tert-OH is 1. The second-order valence-electron chi connectivity index (χ2n) is 5.44. The first-order valence-electron chi connectivity index (χ1n) is 6.76. The lowest BCUT2D eigenvalue weighted by molar-refractivity contribution is 0.177. The van der Waals surface area contributed by atoms with Crippen LogP contribution < -0.4 is 4.90 Å². The quantitative estimate of drug-likeness (QED) is 0.885. The number of anilines is 1. The molecule has 0 bridgehead atoms. The van der Waals surface area contributed by atoms with E-state index in [9.17, 15) is 5.11 Å². The van der Waals surface area contributed by atoms with Crippen molar-refractivity contribution >= 4 is 5.69 Å². The van der Waals surface area contributed by atoms with Gasteiger partial charge in [0.1, 0.15) is 0 Å². The molecule has 1 N–H and O–H groups in total. The Morgan fingerprint density at radius 3 is 2.50 bits per heavy atom. The third-order valence-corrected chi connectivity index (χ3v) is 3.98. The molecule has 0 saturated carbocycles. The molecular weight excluding hydrogens is 224 g/mol. The number of nitrogens with zero attached hydrogens (tertiary/aromatic N) is 2. The van der Waals surface area contributed by atoms with Crippen LogP contribution in [0.3, 0.4) is 0 Å². The summed E-state index contributed by atoms with van der Waals surface area (Å²) in [5.41, 5.74) is 2.57. The zero-order valence-corrected chi connectivity index (χ0v) is 11.6. The molecule has 1 heterocycles. The van der Waals surface area contributed by atoms with E-state index < -0.39 is 0 Å². The van der Waals surface area contributed by atoms with Crippen LogP contribution in [0, 0.1) is 6.92 Å². The molecule has 1 aliphatic rings. The number of rotatable bonds is 3. The molecule has 1 saturated heterocycles. The van der Waals surface area contributed by atoms with E-state index in [1.54, 1.807) is 0 Å². The van der Waals surface area contributed by atoms with Gasteiger partial charge in [-0.3, -0.25) is 4.90 Å². The second kappa shape index (κ2) is 5.72. The standard InChI is InChI=1S/C15H24N2O/c1-12-4-6-14(7-5-12)17-10-13(2)16(3)11-15(17)8-9-18/h4-7,13,15,18H,8-11H2,1-3H3. The van der Waals surface area contributed by atoms with Crippen LogP contribution >= 0.6 is 0 Å². The lowest BCUT2D eigenvalue weighted by Gasteiger charge is -2.45. The summed E-state index contributed by atoms with van der Waals surface area (Å²) in [5, 5.41) is 9.23. The van der Waals surface area contributed by atoms with Crippen LogP contribution in [-0.4, -0.2) is 48.8 Å². The molecule has 0 aliphatic carbocycles. The van der Waals surface area contributed by atoms with E-state index in [2.05, 4.69) is 55.0 Å². The fourth-order valence-electron chi connectivity index (χ4n) is 2.63. The summed E-state index contributed by atoms with van der Waals surface area (Å²) in [6.07, 6.45) is 0.838. The van der Waals surface area contributed by atoms with E-state index in [-0.39, 0.29) is 6.61 Å². The van der Waals surface area contributed by atoms with Crippen LogP contribution in [0.5, 0.6) is 0 Å². The summed E-state index contributed by atoms with van der Waals surface area (Å²) < 4.78 is 0. The number of likely N-dealkylation sites (N-methyl/N-ethyl adjacent to an activating group) is 1. The molecule has 1 aromatic carbocycles. The van der Waals surface area contributed by atoms with Gasteiger partial charge in [-0.05, 0) is 39.4 Å². The van der Waals surface area contributed by atoms with Crippen LogP contribution in [0.4, 0.5) is 5.69 Å². The van der Waals surface area contributed by atoms with Gasteiger partial charge in [-0.25, -0.2) is 0 Å². The molecule has 0 amide bonds. The monoisotopic (exact) mass is 248 g/mol. The zero-order valence-electron chi connectivity index (χ0n) is 11.6. The number of piperazine rings is 1. The molecule has 2 rings (SSSR count). The molecule has 1 fully saturated rings. The van der Waals surface area contributed by atoms with Crippen molar-refractivity contribution in [3.8, 4) is 0 Å². The lowest BCUT2D eigenvalue weighted by Crippen LogP contribution is -2.56. The molecule has 18 heavy (non-hydrogen) atoms. The number of benzene rings is 1. The molecule has 3 heteroatoms. The van der Waals surface area contributed by atoms with Crippen molar-refractivity contribution in [2.75, 3.05) is 31.6 Å². The van der Waals surface area contributed by atoms with Gasteiger partial charge in [0.05, 0.1) is 0 Å². The smallest absolute Gasteiger partial charge is 0.0451 e. The van der Waals surface area contributed by atoms with E-state index in [1.807, 2.05) is 0 Å². The fourth-order valence-corrected chi connectivity index (χ4v) is 2.63. The summed E-state index contributed by atoms with van der Waals surface area (Å²) in [5.74, 6) is 0. The van der Waals surface area contributed by atoms with Crippen LogP contribution in [0.25, 0.3) is 0 Å². The van der Waals surface area contributed by atoms with Crippen molar-refractivity contribution in [1.82, 2.24) is 4.90 Å². The fraction of sp³-hybridized carbons (Fsp3) is 0.600. The maximum atomic E-state index is 9.23. The second-order valence-corrected chi connectivity index (χ2v) is 5.44. The predicted molar refractivity (Wildman–Crippen MR) is 76.1 cm³/mol. The zero-order chi connectivity index (χ0) is 13.1. The molecule has 1 aromatic rings. The Labute approximate surface area is 110 Å². The minimum absolute atomic E-state index is 0.259. The number of aryl methyl sites for hydroxylation is 1. The summed E-state index contributed by atoms with van der Waals surface area (Å²) in [6, 6.07) is 9.68. The van der Waals surface area contributed by atoms with Gasteiger partial charge in [0.25, 0.3) is 0 Å². The number of hydrogen-bond acceptors (Lipinski definition) is 3. The molecule has 1 aliphatic heterocycles. The minimum atomic E-state index is 0.259. The first-order valence-corrected chi connectivity index (χ1v) is 6.76. The summed E-state index contributed by atoms with van der Waals surface area (Å²) in [7, 11) is 2.17. The maximum Gasteiger partial charge on any atom is 0.0451 e. The van der Waals surface area contributed by atoms with Crippen molar-refractivity contribution in [3.05, 3.63) is 29.8 Å². The summed E-state index contributed by atoms with van der Waals surface area (Å²) >= 11 is 0. The normalized spacial score (nSPS) is 25.4. The van der Waals surface area contributed by atoms with Crippen LogP contribution in [0.2, 0.25) is 0 Å². The molecule has 0 radical (unpaired) electrons. The molecule has 0 spiro atoms. The Hall–Kier alpha value is -1.06. The van der Waals surface area contributed by atoms with E-state index in [1.165, 1.54) is 11.3 Å². The Morgan fingerprint density at radius 1 is 1.22 bits per heavy atom. The molecule has 3 nitrogen and oxygen atoms in total. The summed E-state index contributed by atoms with van der Waals surface area (Å²) in [6.45, 7) is 6.69. The van der Waals surface area contributed by atoms with E-state index in [0.717, 1.165) is 19.5 Å². The first kappa shape index (κ1) is 13.4. The van der Waals surface area contributed by atoms with Crippen molar-refractivity contribution < 1.29 is 5.11 Å². The average molecular weight is 248 g/mol. The maximum absolute atomic E-state index is 9.23. The predicted octanol–water partition coefficient (Wildman–Crippen LogP) is 1.89. The topological polar surface area (TPSA) is 26.7 Å². The first-order chi connectivity index (χ1) is 8.61. The van der Waals surface area contributed by atoms with Crippen LogP contribution in [0.15, 0.2) is 24.3 Å². The molecule has 100 valence electrons. The Balaban J connectivity index is 2.19. The van der Waals surface area contributed by atoms with Crippen LogP contribution in [0.1, 0.15) is 18.9 Å². The third-order valence-electron chi connectivity index (χ3n) is 3.98. The average Bonchev–Trinajstić information content (AvgIpc) is 2.35. The third kappa shape index (κ3) is 2.85. The highest BCUT2D eigenvalue weighted by atomic mass is 16.3. The minimum Gasteiger partial charge on any atom is -0.396 e. The van der Waals surface area contributed by atoms with Crippen molar-refractivity contribution in [1.29, 1.82) is 0 Å².